The van der Waals surface area contributed by atoms with Crippen LogP contribution in [0.2, 0.25) is 0 Å². The number of aliphatic hydroxyl groups is 1. The molecule has 1 aliphatic carbocycles. The number of phenolic OH excluding ortho intramolecular Hbond substituents is 1. The molecule has 1 fully saturated rings. The number of aromatic nitrogens is 4. The lowest BCUT2D eigenvalue weighted by molar-refractivity contribution is 0.271. The average molecular weight is 429 g/mol. The Balaban J connectivity index is 1.69. The maximum absolute atomic E-state index is 13.6. The van der Waals surface area contributed by atoms with Crippen molar-refractivity contribution in [1.82, 2.24) is 19.5 Å². The molecule has 1 aliphatic rings. The Morgan fingerprint density at radius 1 is 1.23 bits per heavy atom. The van der Waals surface area contributed by atoms with Crippen LogP contribution in [0.1, 0.15) is 57.1 Å². The van der Waals surface area contributed by atoms with E-state index in [-0.39, 0.29) is 24.9 Å². The number of aromatic hydroxyl groups is 1. The van der Waals surface area contributed by atoms with Gasteiger partial charge in [-0.15, -0.1) is 0 Å². The number of nitrogens with zero attached hydrogens (tertiary/aromatic N) is 4. The molecule has 166 valence electrons. The van der Waals surface area contributed by atoms with E-state index in [9.17, 15) is 14.6 Å². The van der Waals surface area contributed by atoms with Crippen molar-refractivity contribution < 1.29 is 14.6 Å². The summed E-state index contributed by atoms with van der Waals surface area (Å²) in [6.45, 7) is 2.13. The molecule has 31 heavy (non-hydrogen) atoms. The van der Waals surface area contributed by atoms with E-state index in [4.69, 9.17) is 4.98 Å². The molecule has 0 amide bonds. The third kappa shape index (κ3) is 4.71. The van der Waals surface area contributed by atoms with Crippen molar-refractivity contribution in [3.8, 4) is 5.75 Å². The fourth-order valence-corrected chi connectivity index (χ4v) is 4.06. The van der Waals surface area contributed by atoms with Crippen LogP contribution in [0.5, 0.6) is 5.75 Å². The van der Waals surface area contributed by atoms with Gasteiger partial charge in [0.1, 0.15) is 11.6 Å². The van der Waals surface area contributed by atoms with Crippen LogP contribution in [0.25, 0.3) is 11.2 Å². The molecule has 0 saturated heterocycles. The lowest BCUT2D eigenvalue weighted by Gasteiger charge is -2.23. The van der Waals surface area contributed by atoms with Crippen LogP contribution in [0.4, 0.5) is 16.2 Å². The monoisotopic (exact) mass is 428 g/mol. The normalized spacial score (nSPS) is 15.8. The van der Waals surface area contributed by atoms with Gasteiger partial charge in [-0.05, 0) is 37.5 Å². The fourth-order valence-electron chi connectivity index (χ4n) is 4.06. The molecular formula is C22H29FN6O2. The van der Waals surface area contributed by atoms with Gasteiger partial charge in [-0.3, -0.25) is 0 Å². The quantitative estimate of drug-likeness (QED) is 0.430. The van der Waals surface area contributed by atoms with Crippen molar-refractivity contribution >= 4 is 22.9 Å². The number of fused-ring (bicyclic) bond motifs is 1. The number of phenols is 1. The number of halogens is 1. The van der Waals surface area contributed by atoms with Crippen molar-refractivity contribution in [2.75, 3.05) is 17.2 Å². The highest BCUT2D eigenvalue weighted by Crippen LogP contribution is 2.32. The third-order valence-corrected chi connectivity index (χ3v) is 5.92. The van der Waals surface area contributed by atoms with Gasteiger partial charge in [0, 0.05) is 18.2 Å². The minimum Gasteiger partial charge on any atom is -0.508 e. The largest absolute Gasteiger partial charge is 0.508 e. The number of aliphatic hydroxyl groups excluding tert-OH is 1. The molecule has 4 N–H and O–H groups in total. The highest BCUT2D eigenvalue weighted by molar-refractivity contribution is 5.84. The molecule has 8 nitrogen and oxygen atoms in total. The van der Waals surface area contributed by atoms with Gasteiger partial charge in [-0.25, -0.2) is 9.37 Å². The zero-order chi connectivity index (χ0) is 21.8. The van der Waals surface area contributed by atoms with E-state index in [2.05, 4.69) is 25.2 Å². The van der Waals surface area contributed by atoms with Gasteiger partial charge in [0.25, 0.3) is 0 Å². The fraction of sp³-hybridized carbons (Fsp3) is 0.500. The second-order valence-electron chi connectivity index (χ2n) is 8.07. The maximum atomic E-state index is 13.6. The minimum absolute atomic E-state index is 0.0108. The van der Waals surface area contributed by atoms with Gasteiger partial charge >= 0.3 is 0 Å². The van der Waals surface area contributed by atoms with E-state index in [0.717, 1.165) is 24.9 Å². The van der Waals surface area contributed by atoms with Crippen LogP contribution in [-0.4, -0.2) is 42.4 Å². The summed E-state index contributed by atoms with van der Waals surface area (Å²) in [5.74, 6) is 0.493. The van der Waals surface area contributed by atoms with Gasteiger partial charge in [-0.2, -0.15) is 9.97 Å². The molecule has 1 unspecified atom stereocenters. The standard InChI is InChI=1S/C22H29FN6O2/c1-2-16(12-30)26-22-27-20(24-11-14-10-15(23)8-9-18(14)31)19-21(28-22)29(13-25-19)17-6-4-3-5-7-17/h8-10,13,16-17,30-31H,2-7,11-12H2,1H3,(H2,24,26,27,28). The highest BCUT2D eigenvalue weighted by Gasteiger charge is 2.21. The summed E-state index contributed by atoms with van der Waals surface area (Å²) in [5.41, 5.74) is 1.78. The Labute approximate surface area is 180 Å². The highest BCUT2D eigenvalue weighted by atomic mass is 19.1. The molecule has 0 radical (unpaired) electrons. The van der Waals surface area contributed by atoms with E-state index >= 15 is 0 Å². The first-order valence-corrected chi connectivity index (χ1v) is 10.9. The van der Waals surface area contributed by atoms with E-state index in [0.29, 0.717) is 28.9 Å². The molecule has 4 rings (SSSR count). The van der Waals surface area contributed by atoms with Crippen molar-refractivity contribution in [2.24, 2.45) is 0 Å². The summed E-state index contributed by atoms with van der Waals surface area (Å²) in [6.07, 6.45) is 8.34. The molecule has 9 heteroatoms. The van der Waals surface area contributed by atoms with Crippen molar-refractivity contribution in [2.45, 2.75) is 64.1 Å². The second-order valence-corrected chi connectivity index (χ2v) is 8.07. The van der Waals surface area contributed by atoms with E-state index in [1.807, 2.05) is 13.3 Å². The first-order valence-electron chi connectivity index (χ1n) is 10.9. The molecule has 0 bridgehead atoms. The first kappa shape index (κ1) is 21.3. The van der Waals surface area contributed by atoms with Gasteiger partial charge in [0.2, 0.25) is 5.95 Å². The topological polar surface area (TPSA) is 108 Å². The van der Waals surface area contributed by atoms with Crippen LogP contribution >= 0.6 is 0 Å². The number of hydrogen-bond acceptors (Lipinski definition) is 7. The Bertz CT molecular complexity index is 1030. The number of hydrogen-bond donors (Lipinski definition) is 4. The van der Waals surface area contributed by atoms with E-state index in [1.165, 1.54) is 37.5 Å². The van der Waals surface area contributed by atoms with Gasteiger partial charge < -0.3 is 25.4 Å². The van der Waals surface area contributed by atoms with Crippen molar-refractivity contribution in [1.29, 1.82) is 0 Å². The number of nitrogens with one attached hydrogen (secondary N) is 2. The maximum Gasteiger partial charge on any atom is 0.227 e. The summed E-state index contributed by atoms with van der Waals surface area (Å²) in [4.78, 5) is 13.8. The zero-order valence-electron chi connectivity index (χ0n) is 17.7. The molecule has 0 aliphatic heterocycles. The number of imidazole rings is 1. The Kier molecular flexibility index (Phi) is 6.50. The predicted octanol–water partition coefficient (Wildman–Crippen LogP) is 3.97. The number of benzene rings is 1. The molecule has 1 saturated carbocycles. The number of anilines is 2. The Hall–Kier alpha value is -2.94. The first-order chi connectivity index (χ1) is 15.1. The van der Waals surface area contributed by atoms with Crippen molar-refractivity contribution in [3.63, 3.8) is 0 Å². The van der Waals surface area contributed by atoms with Crippen LogP contribution < -0.4 is 10.6 Å². The Morgan fingerprint density at radius 3 is 2.77 bits per heavy atom. The summed E-state index contributed by atoms with van der Waals surface area (Å²) < 4.78 is 15.7. The third-order valence-electron chi connectivity index (χ3n) is 5.92. The minimum atomic E-state index is -0.417. The lowest BCUT2D eigenvalue weighted by Crippen LogP contribution is -2.24. The second kappa shape index (κ2) is 9.47. The van der Waals surface area contributed by atoms with Gasteiger partial charge in [0.15, 0.2) is 17.0 Å². The van der Waals surface area contributed by atoms with Gasteiger partial charge in [0.05, 0.1) is 19.0 Å². The number of rotatable bonds is 8. The SMILES string of the molecule is CCC(CO)Nc1nc(NCc2cc(F)ccc2O)c2ncn(C3CCCCC3)c2n1. The van der Waals surface area contributed by atoms with Crippen molar-refractivity contribution in [3.05, 3.63) is 35.9 Å². The van der Waals surface area contributed by atoms with Crippen LogP contribution in [0.3, 0.4) is 0 Å². The summed E-state index contributed by atoms with van der Waals surface area (Å²) in [7, 11) is 0. The zero-order valence-corrected chi connectivity index (χ0v) is 17.7. The smallest absolute Gasteiger partial charge is 0.227 e. The van der Waals surface area contributed by atoms with Crippen LogP contribution in [0.15, 0.2) is 24.5 Å². The van der Waals surface area contributed by atoms with E-state index in [1.54, 1.807) is 0 Å². The van der Waals surface area contributed by atoms with E-state index < -0.39 is 5.82 Å². The molecule has 1 aromatic carbocycles. The molecule has 1 atom stereocenters. The van der Waals surface area contributed by atoms with Gasteiger partial charge in [-0.1, -0.05) is 26.2 Å². The lowest BCUT2D eigenvalue weighted by atomic mass is 9.95. The summed E-state index contributed by atoms with van der Waals surface area (Å²) >= 11 is 0. The predicted molar refractivity (Wildman–Crippen MR) is 118 cm³/mol. The van der Waals surface area contributed by atoms with Crippen LogP contribution in [0, 0.1) is 5.82 Å². The molecule has 2 heterocycles. The molecule has 0 spiro atoms. The molecule has 2 aromatic heterocycles. The summed E-state index contributed by atoms with van der Waals surface area (Å²) in [5, 5.41) is 26.0. The Morgan fingerprint density at radius 2 is 2.03 bits per heavy atom. The summed E-state index contributed by atoms with van der Waals surface area (Å²) in [6, 6.07) is 4.03. The average Bonchev–Trinajstić information content (AvgIpc) is 3.22. The molecular weight excluding hydrogens is 399 g/mol. The molecule has 3 aromatic rings. The van der Waals surface area contributed by atoms with Crippen LogP contribution in [-0.2, 0) is 6.54 Å².